The minimum Gasteiger partial charge on any atom is -0.379 e. The molecule has 5 nitrogen and oxygen atoms in total. The van der Waals surface area contributed by atoms with Crippen LogP contribution in [0.4, 0.5) is 5.69 Å². The summed E-state index contributed by atoms with van der Waals surface area (Å²) in [5.41, 5.74) is 4.27. The maximum absolute atomic E-state index is 6.13. The summed E-state index contributed by atoms with van der Waals surface area (Å²) in [6.45, 7) is 6.76. The summed E-state index contributed by atoms with van der Waals surface area (Å²) >= 11 is 13.9. The maximum atomic E-state index is 6.13. The van der Waals surface area contributed by atoms with Crippen LogP contribution in [0.3, 0.4) is 0 Å². The van der Waals surface area contributed by atoms with Crippen molar-refractivity contribution in [1.82, 2.24) is 10.3 Å². The third kappa shape index (κ3) is 5.14. The molecule has 0 radical (unpaired) electrons. The van der Waals surface area contributed by atoms with Gasteiger partial charge in [0.25, 0.3) is 0 Å². The molecule has 1 atom stereocenters. The topological polar surface area (TPSA) is 40.1 Å². The molecule has 1 aromatic carbocycles. The SMILES string of the molecule is CC1N=C(SCCN2CCOCC2)N(c2ccc(Cl)c(Cl)c2)N1.Cl. The van der Waals surface area contributed by atoms with Crippen LogP contribution in [-0.2, 0) is 4.74 Å². The molecule has 0 saturated carbocycles. The summed E-state index contributed by atoms with van der Waals surface area (Å²) < 4.78 is 5.38. The van der Waals surface area contributed by atoms with Crippen LogP contribution < -0.4 is 10.4 Å². The second kappa shape index (κ2) is 9.48. The molecule has 24 heavy (non-hydrogen) atoms. The van der Waals surface area contributed by atoms with Crippen molar-refractivity contribution in [2.45, 2.75) is 13.1 Å². The van der Waals surface area contributed by atoms with E-state index in [0.717, 1.165) is 49.5 Å². The van der Waals surface area contributed by atoms with Crippen molar-refractivity contribution in [2.75, 3.05) is 43.6 Å². The monoisotopic (exact) mass is 410 g/mol. The number of benzene rings is 1. The summed E-state index contributed by atoms with van der Waals surface area (Å²) in [5, 5.41) is 4.05. The van der Waals surface area contributed by atoms with E-state index in [1.807, 2.05) is 24.1 Å². The standard InChI is InChI=1S/C15H20Cl2N4OS.ClH/c1-11-18-15(23-9-6-20-4-7-22-8-5-20)21(19-11)12-2-3-13(16)14(17)10-12;/h2-3,10-11,19H,4-9H2,1H3;1H. The molecule has 0 spiro atoms. The zero-order valence-electron chi connectivity index (χ0n) is 13.4. The van der Waals surface area contributed by atoms with Gasteiger partial charge >= 0.3 is 0 Å². The van der Waals surface area contributed by atoms with E-state index in [9.17, 15) is 0 Å². The molecule has 9 heteroatoms. The number of hydrogen-bond acceptors (Lipinski definition) is 6. The fraction of sp³-hybridized carbons (Fsp3) is 0.533. The predicted octanol–water partition coefficient (Wildman–Crippen LogP) is 3.51. The zero-order valence-corrected chi connectivity index (χ0v) is 16.5. The van der Waals surface area contributed by atoms with E-state index in [0.29, 0.717) is 10.0 Å². The summed E-state index contributed by atoms with van der Waals surface area (Å²) in [6.07, 6.45) is 0.0512. The molecule has 134 valence electrons. The molecule has 0 amide bonds. The lowest BCUT2D eigenvalue weighted by atomic mass is 10.3. The van der Waals surface area contributed by atoms with Crippen molar-refractivity contribution in [3.8, 4) is 0 Å². The average molecular weight is 412 g/mol. The number of anilines is 1. The summed E-state index contributed by atoms with van der Waals surface area (Å²) in [4.78, 5) is 7.08. The number of nitrogens with zero attached hydrogens (tertiary/aromatic N) is 3. The van der Waals surface area contributed by atoms with E-state index in [-0.39, 0.29) is 18.6 Å². The highest BCUT2D eigenvalue weighted by atomic mass is 35.5. The van der Waals surface area contributed by atoms with Gasteiger partial charge in [0.1, 0.15) is 6.17 Å². The lowest BCUT2D eigenvalue weighted by Crippen LogP contribution is -2.40. The number of aliphatic imine (C=N–C) groups is 1. The van der Waals surface area contributed by atoms with E-state index < -0.39 is 0 Å². The quantitative estimate of drug-likeness (QED) is 0.821. The van der Waals surface area contributed by atoms with Crippen LogP contribution in [0.15, 0.2) is 23.2 Å². The first kappa shape index (κ1) is 20.1. The van der Waals surface area contributed by atoms with Gasteiger partial charge < -0.3 is 4.74 Å². The van der Waals surface area contributed by atoms with E-state index in [4.69, 9.17) is 27.9 Å². The molecule has 2 heterocycles. The lowest BCUT2D eigenvalue weighted by Gasteiger charge is -2.26. The molecule has 2 aliphatic rings. The third-order valence-corrected chi connectivity index (χ3v) is 5.39. The predicted molar refractivity (Wildman–Crippen MR) is 106 cm³/mol. The van der Waals surface area contributed by atoms with Crippen molar-refractivity contribution in [3.63, 3.8) is 0 Å². The lowest BCUT2D eigenvalue weighted by molar-refractivity contribution is 0.0410. The molecule has 0 aromatic heterocycles. The van der Waals surface area contributed by atoms with Gasteiger partial charge in [0.2, 0.25) is 0 Å². The molecule has 1 N–H and O–H groups in total. The van der Waals surface area contributed by atoms with Crippen molar-refractivity contribution in [3.05, 3.63) is 28.2 Å². The summed E-state index contributed by atoms with van der Waals surface area (Å²) in [6, 6.07) is 5.60. The first-order valence-electron chi connectivity index (χ1n) is 7.65. The molecule has 0 bridgehead atoms. The van der Waals surface area contributed by atoms with E-state index >= 15 is 0 Å². The fourth-order valence-corrected chi connectivity index (χ4v) is 3.84. The Morgan fingerprint density at radius 1 is 1.29 bits per heavy atom. The van der Waals surface area contributed by atoms with Crippen LogP contribution in [0.2, 0.25) is 10.0 Å². The largest absolute Gasteiger partial charge is 0.379 e. The van der Waals surface area contributed by atoms with Gasteiger partial charge in [-0.1, -0.05) is 35.0 Å². The van der Waals surface area contributed by atoms with Gasteiger partial charge in [-0.25, -0.2) is 10.4 Å². The van der Waals surface area contributed by atoms with Crippen LogP contribution >= 0.6 is 47.4 Å². The van der Waals surface area contributed by atoms with Crippen molar-refractivity contribution < 1.29 is 4.74 Å². The maximum Gasteiger partial charge on any atom is 0.180 e. The number of ether oxygens (including phenoxy) is 1. The van der Waals surface area contributed by atoms with Crippen molar-refractivity contribution in [1.29, 1.82) is 0 Å². The highest BCUT2D eigenvalue weighted by molar-refractivity contribution is 8.14. The fourth-order valence-electron chi connectivity index (χ4n) is 2.50. The minimum atomic E-state index is 0. The Kier molecular flexibility index (Phi) is 7.94. The van der Waals surface area contributed by atoms with Gasteiger partial charge in [0, 0.05) is 25.4 Å². The summed E-state index contributed by atoms with van der Waals surface area (Å²) in [5.74, 6) is 0.991. The van der Waals surface area contributed by atoms with E-state index in [1.165, 1.54) is 0 Å². The average Bonchev–Trinajstić information content (AvgIpc) is 2.92. The van der Waals surface area contributed by atoms with Gasteiger partial charge in [-0.3, -0.25) is 9.91 Å². The number of rotatable bonds is 4. The zero-order chi connectivity index (χ0) is 16.2. The molecule has 1 fully saturated rings. The molecular formula is C15H21Cl3N4OS. The van der Waals surface area contributed by atoms with Gasteiger partial charge in [0.15, 0.2) is 5.17 Å². The van der Waals surface area contributed by atoms with E-state index in [1.54, 1.807) is 17.8 Å². The Hall–Kier alpha value is -0.210. The third-order valence-electron chi connectivity index (χ3n) is 3.72. The normalized spacial score (nSPS) is 21.5. The smallest absolute Gasteiger partial charge is 0.180 e. The van der Waals surface area contributed by atoms with Gasteiger partial charge in [-0.05, 0) is 25.1 Å². The number of hydrogen-bond donors (Lipinski definition) is 1. The molecular weight excluding hydrogens is 391 g/mol. The highest BCUT2D eigenvalue weighted by Gasteiger charge is 2.24. The Balaban J connectivity index is 0.00000208. The minimum absolute atomic E-state index is 0. The molecule has 1 unspecified atom stereocenters. The van der Waals surface area contributed by atoms with Gasteiger partial charge in [-0.2, -0.15) is 0 Å². The molecule has 1 aromatic rings. The second-order valence-corrected chi connectivity index (χ2v) is 7.33. The Morgan fingerprint density at radius 2 is 2.04 bits per heavy atom. The van der Waals surface area contributed by atoms with Crippen LogP contribution in [0.1, 0.15) is 6.92 Å². The molecule has 0 aliphatic carbocycles. The van der Waals surface area contributed by atoms with Crippen molar-refractivity contribution in [2.24, 2.45) is 4.99 Å². The number of hydrazine groups is 1. The van der Waals surface area contributed by atoms with Crippen LogP contribution in [-0.4, -0.2) is 54.8 Å². The Labute approximate surface area is 163 Å². The molecule has 2 aliphatic heterocycles. The summed E-state index contributed by atoms with van der Waals surface area (Å²) in [7, 11) is 0. The number of thioether (sulfide) groups is 1. The molecule has 3 rings (SSSR count). The second-order valence-electron chi connectivity index (χ2n) is 5.45. The molecule has 1 saturated heterocycles. The van der Waals surface area contributed by atoms with Gasteiger partial charge in [0.05, 0.1) is 28.9 Å². The Morgan fingerprint density at radius 3 is 2.75 bits per heavy atom. The first-order valence-corrected chi connectivity index (χ1v) is 9.40. The van der Waals surface area contributed by atoms with Crippen LogP contribution in [0, 0.1) is 0 Å². The Bertz CT molecular complexity index is 584. The number of amidine groups is 1. The number of nitrogens with one attached hydrogen (secondary N) is 1. The number of morpholine rings is 1. The highest BCUT2D eigenvalue weighted by Crippen LogP contribution is 2.29. The van der Waals surface area contributed by atoms with Crippen LogP contribution in [0.25, 0.3) is 0 Å². The van der Waals surface area contributed by atoms with Crippen molar-refractivity contribution >= 4 is 58.2 Å². The first-order chi connectivity index (χ1) is 11.1. The van der Waals surface area contributed by atoms with Crippen LogP contribution in [0.5, 0.6) is 0 Å². The van der Waals surface area contributed by atoms with E-state index in [2.05, 4.69) is 15.3 Å². The van der Waals surface area contributed by atoms with Gasteiger partial charge in [-0.15, -0.1) is 12.4 Å². The number of halogens is 3.